The Labute approximate surface area is 158 Å². The minimum absolute atomic E-state index is 0.0234. The van der Waals surface area contributed by atoms with Crippen LogP contribution in [-0.2, 0) is 16.6 Å². The van der Waals surface area contributed by atoms with Crippen molar-refractivity contribution in [2.75, 3.05) is 11.4 Å². The molecule has 0 radical (unpaired) electrons. The van der Waals surface area contributed by atoms with Crippen LogP contribution in [0.5, 0.6) is 5.75 Å². The highest BCUT2D eigenvalue weighted by Crippen LogP contribution is 2.28. The van der Waals surface area contributed by atoms with E-state index in [1.54, 1.807) is 42.5 Å². The van der Waals surface area contributed by atoms with E-state index in [2.05, 4.69) is 0 Å². The van der Waals surface area contributed by atoms with Crippen molar-refractivity contribution in [1.82, 2.24) is 0 Å². The van der Waals surface area contributed by atoms with E-state index < -0.39 is 15.8 Å². The summed E-state index contributed by atoms with van der Waals surface area (Å²) in [7, 11) is -2.33. The molecule has 0 N–H and O–H groups in total. The van der Waals surface area contributed by atoms with Crippen molar-refractivity contribution in [3.8, 4) is 5.75 Å². The molecule has 140 valence electrons. The Hall–Kier alpha value is -2.86. The molecule has 0 unspecified atom stereocenters. The van der Waals surface area contributed by atoms with Gasteiger partial charge in [0, 0.05) is 0 Å². The molecule has 3 aromatic carbocycles. The molecule has 3 rings (SSSR count). The molecule has 6 heteroatoms. The zero-order valence-electron chi connectivity index (χ0n) is 15.1. The number of methoxy groups -OCH3 is 1. The number of anilines is 1. The third-order valence-electron chi connectivity index (χ3n) is 4.15. The van der Waals surface area contributed by atoms with Gasteiger partial charge in [0.15, 0.2) is 0 Å². The van der Waals surface area contributed by atoms with E-state index in [-0.39, 0.29) is 11.4 Å². The topological polar surface area (TPSA) is 46.6 Å². The predicted octanol–water partition coefficient (Wildman–Crippen LogP) is 4.54. The van der Waals surface area contributed by atoms with Crippen LogP contribution in [0.2, 0.25) is 0 Å². The van der Waals surface area contributed by atoms with Crippen LogP contribution in [0.3, 0.4) is 0 Å². The molecule has 0 amide bonds. The van der Waals surface area contributed by atoms with E-state index in [1.165, 1.54) is 35.7 Å². The van der Waals surface area contributed by atoms with Crippen LogP contribution in [0.25, 0.3) is 0 Å². The van der Waals surface area contributed by atoms with Crippen LogP contribution in [0.15, 0.2) is 77.7 Å². The monoisotopic (exact) mass is 385 g/mol. The molecular weight excluding hydrogens is 365 g/mol. The summed E-state index contributed by atoms with van der Waals surface area (Å²) in [4.78, 5) is 0.140. The fourth-order valence-corrected chi connectivity index (χ4v) is 4.22. The van der Waals surface area contributed by atoms with Crippen LogP contribution in [0, 0.1) is 12.7 Å². The molecule has 4 nitrogen and oxygen atoms in total. The molecule has 0 atom stereocenters. The third-order valence-corrected chi connectivity index (χ3v) is 5.94. The first-order valence-corrected chi connectivity index (χ1v) is 9.82. The van der Waals surface area contributed by atoms with Crippen molar-refractivity contribution >= 4 is 15.7 Å². The van der Waals surface area contributed by atoms with Gasteiger partial charge >= 0.3 is 0 Å². The fraction of sp³-hybridized carbons (Fsp3) is 0.143. The third kappa shape index (κ3) is 4.28. The van der Waals surface area contributed by atoms with Gasteiger partial charge in [0.25, 0.3) is 10.0 Å². The lowest BCUT2D eigenvalue weighted by atomic mass is 10.2. The van der Waals surface area contributed by atoms with E-state index in [0.29, 0.717) is 17.0 Å². The molecule has 0 spiro atoms. The minimum atomic E-state index is -3.85. The number of rotatable bonds is 6. The van der Waals surface area contributed by atoms with E-state index in [4.69, 9.17) is 4.74 Å². The molecule has 0 heterocycles. The van der Waals surface area contributed by atoms with E-state index in [9.17, 15) is 12.8 Å². The standard InChI is InChI=1S/C21H20FNO3S/c1-16-5-3-8-19(13-16)23(15-17-6-4-7-18(22)14-17)27(24,25)21-11-9-20(26-2)10-12-21/h3-14H,15H2,1-2H3. The summed E-state index contributed by atoms with van der Waals surface area (Å²) in [6.07, 6.45) is 0. The number of sulfonamides is 1. The van der Waals surface area contributed by atoms with Gasteiger partial charge < -0.3 is 4.74 Å². The molecule has 0 aromatic heterocycles. The molecule has 0 saturated heterocycles. The van der Waals surface area contributed by atoms with Crippen molar-refractivity contribution in [3.05, 3.63) is 89.7 Å². The van der Waals surface area contributed by atoms with Crippen LogP contribution in [0.1, 0.15) is 11.1 Å². The van der Waals surface area contributed by atoms with Crippen LogP contribution in [-0.4, -0.2) is 15.5 Å². The average Bonchev–Trinajstić information content (AvgIpc) is 2.66. The first-order valence-electron chi connectivity index (χ1n) is 8.38. The van der Waals surface area contributed by atoms with Gasteiger partial charge in [-0.2, -0.15) is 0 Å². The van der Waals surface area contributed by atoms with E-state index in [1.807, 2.05) is 13.0 Å². The van der Waals surface area contributed by atoms with Crippen molar-refractivity contribution in [2.45, 2.75) is 18.4 Å². The first-order chi connectivity index (χ1) is 12.9. The highest BCUT2D eigenvalue weighted by atomic mass is 32.2. The van der Waals surface area contributed by atoms with Gasteiger partial charge in [0.05, 0.1) is 24.2 Å². The summed E-state index contributed by atoms with van der Waals surface area (Å²) >= 11 is 0. The smallest absolute Gasteiger partial charge is 0.264 e. The SMILES string of the molecule is COc1ccc(S(=O)(=O)N(Cc2cccc(F)c2)c2cccc(C)c2)cc1. The fourth-order valence-electron chi connectivity index (χ4n) is 2.77. The maximum Gasteiger partial charge on any atom is 0.264 e. The van der Waals surface area contributed by atoms with Crippen molar-refractivity contribution in [2.24, 2.45) is 0 Å². The number of aryl methyl sites for hydroxylation is 1. The van der Waals surface area contributed by atoms with E-state index >= 15 is 0 Å². The molecule has 0 aliphatic heterocycles. The number of benzene rings is 3. The Morgan fingerprint density at radius 1 is 0.963 bits per heavy atom. The molecule has 3 aromatic rings. The van der Waals surface area contributed by atoms with Gasteiger partial charge in [-0.05, 0) is 66.6 Å². The first kappa shape index (κ1) is 18.9. The summed E-state index contributed by atoms with van der Waals surface area (Å²) in [6.45, 7) is 1.92. The summed E-state index contributed by atoms with van der Waals surface area (Å²) in [6, 6.07) is 19.4. The normalized spacial score (nSPS) is 11.2. The van der Waals surface area contributed by atoms with Gasteiger partial charge in [-0.15, -0.1) is 0 Å². The Balaban J connectivity index is 2.07. The predicted molar refractivity (Wildman–Crippen MR) is 104 cm³/mol. The van der Waals surface area contributed by atoms with Gasteiger partial charge in [0.1, 0.15) is 11.6 Å². The second-order valence-electron chi connectivity index (χ2n) is 6.16. The maximum atomic E-state index is 13.6. The average molecular weight is 385 g/mol. The van der Waals surface area contributed by atoms with Gasteiger partial charge in [-0.1, -0.05) is 24.3 Å². The molecule has 0 aliphatic rings. The second-order valence-corrected chi connectivity index (χ2v) is 8.02. The quantitative estimate of drug-likeness (QED) is 0.626. The molecule has 0 bridgehead atoms. The zero-order valence-corrected chi connectivity index (χ0v) is 15.9. The molecular formula is C21H20FNO3S. The maximum absolute atomic E-state index is 13.6. The number of halogens is 1. The number of hydrogen-bond acceptors (Lipinski definition) is 3. The molecule has 27 heavy (non-hydrogen) atoms. The Morgan fingerprint density at radius 2 is 1.67 bits per heavy atom. The van der Waals surface area contributed by atoms with Crippen LogP contribution in [0.4, 0.5) is 10.1 Å². The van der Waals surface area contributed by atoms with Crippen molar-refractivity contribution in [3.63, 3.8) is 0 Å². The van der Waals surface area contributed by atoms with Gasteiger partial charge in [0.2, 0.25) is 0 Å². The number of ether oxygens (including phenoxy) is 1. The Kier molecular flexibility index (Phi) is 5.46. The molecule has 0 saturated carbocycles. The summed E-state index contributed by atoms with van der Waals surface area (Å²) < 4.78 is 46.6. The Bertz CT molecular complexity index is 1030. The van der Waals surface area contributed by atoms with Gasteiger partial charge in [-0.25, -0.2) is 12.8 Å². The highest BCUT2D eigenvalue weighted by molar-refractivity contribution is 7.92. The molecule has 0 fully saturated rings. The largest absolute Gasteiger partial charge is 0.497 e. The Morgan fingerprint density at radius 3 is 2.30 bits per heavy atom. The number of nitrogens with zero attached hydrogens (tertiary/aromatic N) is 1. The lowest BCUT2D eigenvalue weighted by Gasteiger charge is -2.25. The van der Waals surface area contributed by atoms with Crippen molar-refractivity contribution < 1.29 is 17.5 Å². The minimum Gasteiger partial charge on any atom is -0.497 e. The zero-order chi connectivity index (χ0) is 19.4. The van der Waals surface area contributed by atoms with Crippen LogP contribution < -0.4 is 9.04 Å². The number of hydrogen-bond donors (Lipinski definition) is 0. The summed E-state index contributed by atoms with van der Waals surface area (Å²) in [5, 5.41) is 0. The van der Waals surface area contributed by atoms with Crippen molar-refractivity contribution in [1.29, 1.82) is 0 Å². The lowest BCUT2D eigenvalue weighted by molar-refractivity contribution is 0.414. The second kappa shape index (κ2) is 7.80. The van der Waals surface area contributed by atoms with Gasteiger partial charge in [-0.3, -0.25) is 4.31 Å². The van der Waals surface area contributed by atoms with Crippen LogP contribution >= 0.6 is 0 Å². The summed E-state index contributed by atoms with van der Waals surface area (Å²) in [5.74, 6) is 0.166. The van der Waals surface area contributed by atoms with E-state index in [0.717, 1.165) is 5.56 Å². The lowest BCUT2D eigenvalue weighted by Crippen LogP contribution is -2.30. The summed E-state index contributed by atoms with van der Waals surface area (Å²) in [5.41, 5.74) is 2.02. The highest BCUT2D eigenvalue weighted by Gasteiger charge is 2.25. The molecule has 0 aliphatic carbocycles.